The molecule has 0 unspecified atom stereocenters. The van der Waals surface area contributed by atoms with Gasteiger partial charge in [0.05, 0.1) is 0 Å². The summed E-state index contributed by atoms with van der Waals surface area (Å²) >= 11 is 6.00. The summed E-state index contributed by atoms with van der Waals surface area (Å²) in [6, 6.07) is 11.2. The molecule has 2 amide bonds. The number of benzene rings is 1. The highest BCUT2D eigenvalue weighted by Gasteiger charge is 2.58. The quantitative estimate of drug-likeness (QED) is 0.689. The molecule has 1 spiro atoms. The standard InChI is InChI=1S/C25H30ClN3O3/c1-17-15-19(26)6-7-22(17)32-18(2)24(31)29-13-9-25(10-14-29)16-21(25)23(30)28-12-8-20-5-3-4-11-27-20/h3-7,11,15,18,21H,8-10,12-14,16H2,1-2H3,(H,28,30)/t18-,21-/m1/s1. The van der Waals surface area contributed by atoms with Crippen molar-refractivity contribution in [1.29, 1.82) is 0 Å². The van der Waals surface area contributed by atoms with E-state index in [-0.39, 0.29) is 23.1 Å². The predicted molar refractivity (Wildman–Crippen MR) is 124 cm³/mol. The first kappa shape index (κ1) is 22.6. The van der Waals surface area contributed by atoms with Gasteiger partial charge in [0.2, 0.25) is 5.91 Å². The van der Waals surface area contributed by atoms with Gasteiger partial charge < -0.3 is 15.0 Å². The second-order valence-corrected chi connectivity index (χ2v) is 9.41. The predicted octanol–water partition coefficient (Wildman–Crippen LogP) is 3.80. The van der Waals surface area contributed by atoms with Crippen LogP contribution in [-0.4, -0.2) is 47.4 Å². The van der Waals surface area contributed by atoms with Gasteiger partial charge in [-0.05, 0) is 74.4 Å². The van der Waals surface area contributed by atoms with Crippen molar-refractivity contribution < 1.29 is 14.3 Å². The highest BCUT2D eigenvalue weighted by molar-refractivity contribution is 6.30. The summed E-state index contributed by atoms with van der Waals surface area (Å²) in [5.74, 6) is 0.865. The van der Waals surface area contributed by atoms with E-state index in [0.717, 1.165) is 36.9 Å². The van der Waals surface area contributed by atoms with Gasteiger partial charge in [-0.25, -0.2) is 0 Å². The molecule has 1 aromatic carbocycles. The van der Waals surface area contributed by atoms with Crippen molar-refractivity contribution in [3.05, 3.63) is 58.9 Å². The van der Waals surface area contributed by atoms with Crippen molar-refractivity contribution in [1.82, 2.24) is 15.2 Å². The minimum atomic E-state index is -0.561. The van der Waals surface area contributed by atoms with Crippen molar-refractivity contribution in [2.45, 2.75) is 45.6 Å². The Morgan fingerprint density at radius 2 is 2.06 bits per heavy atom. The fourth-order valence-electron chi connectivity index (χ4n) is 4.67. The molecule has 1 aliphatic carbocycles. The molecule has 2 heterocycles. The zero-order chi connectivity index (χ0) is 22.7. The number of pyridine rings is 1. The van der Waals surface area contributed by atoms with Gasteiger partial charge >= 0.3 is 0 Å². The molecule has 0 bridgehead atoms. The van der Waals surface area contributed by atoms with E-state index in [2.05, 4.69) is 10.3 Å². The van der Waals surface area contributed by atoms with E-state index in [1.165, 1.54) is 0 Å². The number of hydrogen-bond donors (Lipinski definition) is 1. The van der Waals surface area contributed by atoms with Crippen LogP contribution in [0.5, 0.6) is 5.75 Å². The highest BCUT2D eigenvalue weighted by atomic mass is 35.5. The van der Waals surface area contributed by atoms with Gasteiger partial charge in [-0.15, -0.1) is 0 Å². The maximum absolute atomic E-state index is 12.9. The third kappa shape index (κ3) is 5.07. The van der Waals surface area contributed by atoms with Crippen molar-refractivity contribution in [3.63, 3.8) is 0 Å². The molecular weight excluding hydrogens is 426 g/mol. The lowest BCUT2D eigenvalue weighted by molar-refractivity contribution is -0.139. The summed E-state index contributed by atoms with van der Waals surface area (Å²) in [4.78, 5) is 31.7. The molecule has 1 aromatic heterocycles. The third-order valence-electron chi connectivity index (χ3n) is 6.77. The SMILES string of the molecule is Cc1cc(Cl)ccc1O[C@H](C)C(=O)N1CCC2(CC1)C[C@@H]2C(=O)NCCc1ccccn1. The van der Waals surface area contributed by atoms with Gasteiger partial charge in [-0.3, -0.25) is 14.6 Å². The van der Waals surface area contributed by atoms with Crippen molar-refractivity contribution >= 4 is 23.4 Å². The van der Waals surface area contributed by atoms with Crippen LogP contribution >= 0.6 is 11.6 Å². The average molecular weight is 456 g/mol. The molecule has 0 radical (unpaired) electrons. The van der Waals surface area contributed by atoms with Crippen LogP contribution in [0, 0.1) is 18.3 Å². The number of aryl methyl sites for hydroxylation is 1. The number of likely N-dealkylation sites (tertiary alicyclic amines) is 1. The second kappa shape index (κ2) is 9.49. The van der Waals surface area contributed by atoms with E-state index in [0.29, 0.717) is 30.4 Å². The Hall–Kier alpha value is -2.60. The number of nitrogens with zero attached hydrogens (tertiary/aromatic N) is 2. The van der Waals surface area contributed by atoms with Crippen LogP contribution in [0.1, 0.15) is 37.4 Å². The molecule has 1 aliphatic heterocycles. The lowest BCUT2D eigenvalue weighted by Crippen LogP contribution is -2.46. The number of hydrogen-bond acceptors (Lipinski definition) is 4. The average Bonchev–Trinajstić information content (AvgIpc) is 3.49. The van der Waals surface area contributed by atoms with Crippen LogP contribution in [0.2, 0.25) is 5.02 Å². The molecule has 7 heteroatoms. The van der Waals surface area contributed by atoms with E-state index in [9.17, 15) is 9.59 Å². The van der Waals surface area contributed by atoms with Crippen LogP contribution < -0.4 is 10.1 Å². The highest BCUT2D eigenvalue weighted by Crippen LogP contribution is 2.59. The van der Waals surface area contributed by atoms with Gasteiger partial charge in [0.1, 0.15) is 5.75 Å². The molecular formula is C25H30ClN3O3. The fourth-order valence-corrected chi connectivity index (χ4v) is 4.90. The molecule has 1 N–H and O–H groups in total. The molecule has 4 rings (SSSR count). The number of carbonyl (C=O) groups excluding carboxylic acids is 2. The molecule has 2 aliphatic rings. The van der Waals surface area contributed by atoms with Gasteiger partial charge in [-0.2, -0.15) is 0 Å². The number of amides is 2. The summed E-state index contributed by atoms with van der Waals surface area (Å²) in [6.07, 6.45) is 4.59. The number of aromatic nitrogens is 1. The summed E-state index contributed by atoms with van der Waals surface area (Å²) in [6.45, 7) is 5.65. The Morgan fingerprint density at radius 1 is 1.28 bits per heavy atom. The number of nitrogens with one attached hydrogen (secondary N) is 1. The lowest BCUT2D eigenvalue weighted by Gasteiger charge is -2.34. The Bertz CT molecular complexity index is 974. The Labute approximate surface area is 194 Å². The number of halogens is 1. The first-order valence-electron chi connectivity index (χ1n) is 11.3. The summed E-state index contributed by atoms with van der Waals surface area (Å²) in [5, 5.41) is 3.71. The lowest BCUT2D eigenvalue weighted by atomic mass is 9.90. The van der Waals surface area contributed by atoms with Crippen molar-refractivity contribution in [2.75, 3.05) is 19.6 Å². The minimum Gasteiger partial charge on any atom is -0.481 e. The molecule has 6 nitrogen and oxygen atoms in total. The molecule has 32 heavy (non-hydrogen) atoms. The number of piperidine rings is 1. The van der Waals surface area contributed by atoms with Crippen LogP contribution in [0.25, 0.3) is 0 Å². The largest absolute Gasteiger partial charge is 0.481 e. The molecule has 1 saturated heterocycles. The van der Waals surface area contributed by atoms with Crippen LogP contribution in [0.15, 0.2) is 42.6 Å². The first-order valence-corrected chi connectivity index (χ1v) is 11.6. The maximum Gasteiger partial charge on any atom is 0.263 e. The first-order chi connectivity index (χ1) is 15.4. The maximum atomic E-state index is 12.9. The van der Waals surface area contributed by atoms with Gasteiger partial charge in [0.25, 0.3) is 5.91 Å². The van der Waals surface area contributed by atoms with E-state index in [1.54, 1.807) is 25.3 Å². The summed E-state index contributed by atoms with van der Waals surface area (Å²) in [7, 11) is 0. The number of ether oxygens (including phenoxy) is 1. The smallest absolute Gasteiger partial charge is 0.263 e. The summed E-state index contributed by atoms with van der Waals surface area (Å²) < 4.78 is 5.90. The van der Waals surface area contributed by atoms with E-state index in [4.69, 9.17) is 16.3 Å². The topological polar surface area (TPSA) is 71.5 Å². The van der Waals surface area contributed by atoms with E-state index in [1.807, 2.05) is 36.1 Å². The second-order valence-electron chi connectivity index (χ2n) is 8.98. The Morgan fingerprint density at radius 3 is 2.75 bits per heavy atom. The van der Waals surface area contributed by atoms with Gasteiger partial charge in [-0.1, -0.05) is 17.7 Å². The zero-order valence-corrected chi connectivity index (χ0v) is 19.4. The molecule has 1 saturated carbocycles. The van der Waals surface area contributed by atoms with Crippen LogP contribution in [0.4, 0.5) is 0 Å². The van der Waals surface area contributed by atoms with E-state index < -0.39 is 6.10 Å². The van der Waals surface area contributed by atoms with Crippen molar-refractivity contribution in [3.8, 4) is 5.75 Å². The van der Waals surface area contributed by atoms with Crippen LogP contribution in [0.3, 0.4) is 0 Å². The Balaban J connectivity index is 1.22. The molecule has 2 atom stereocenters. The normalized spacial score (nSPS) is 20.0. The minimum absolute atomic E-state index is 0.00814. The number of rotatable bonds is 7. The Kier molecular flexibility index (Phi) is 6.70. The summed E-state index contributed by atoms with van der Waals surface area (Å²) in [5.41, 5.74) is 1.95. The van der Waals surface area contributed by atoms with Crippen molar-refractivity contribution in [2.24, 2.45) is 11.3 Å². The van der Waals surface area contributed by atoms with Gasteiger partial charge in [0.15, 0.2) is 6.10 Å². The molecule has 2 aromatic rings. The zero-order valence-electron chi connectivity index (χ0n) is 18.6. The monoisotopic (exact) mass is 455 g/mol. The van der Waals surface area contributed by atoms with E-state index >= 15 is 0 Å². The fraction of sp³-hybridized carbons (Fsp3) is 0.480. The molecule has 170 valence electrons. The third-order valence-corrected chi connectivity index (χ3v) is 7.01. The molecule has 2 fully saturated rings. The van der Waals surface area contributed by atoms with Crippen LogP contribution in [-0.2, 0) is 16.0 Å². The van der Waals surface area contributed by atoms with Gasteiger partial charge in [0, 0.05) is 48.9 Å². The number of carbonyl (C=O) groups is 2.